The first-order valence-electron chi connectivity index (χ1n) is 2.84. The van der Waals surface area contributed by atoms with Crippen molar-refractivity contribution in [3.05, 3.63) is 5.69 Å². The van der Waals surface area contributed by atoms with Crippen molar-refractivity contribution in [1.82, 2.24) is 15.0 Å². The fourth-order valence-electron chi connectivity index (χ4n) is 0.608. The number of aromatic hydroxyl groups is 1. The Hall–Kier alpha value is -1.06. The lowest BCUT2D eigenvalue weighted by Crippen LogP contribution is -1.94. The van der Waals surface area contributed by atoms with Crippen LogP contribution in [-0.4, -0.2) is 20.1 Å². The van der Waals surface area contributed by atoms with E-state index in [1.54, 1.807) is 6.92 Å². The van der Waals surface area contributed by atoms with Crippen LogP contribution in [0.2, 0.25) is 0 Å². The summed E-state index contributed by atoms with van der Waals surface area (Å²) in [4.78, 5) is 0. The highest BCUT2D eigenvalue weighted by Gasteiger charge is 2.02. The Labute approximate surface area is 53.1 Å². The van der Waals surface area contributed by atoms with Crippen molar-refractivity contribution in [1.29, 1.82) is 0 Å². The maximum absolute atomic E-state index is 9.08. The van der Waals surface area contributed by atoms with Crippen LogP contribution < -0.4 is 0 Å². The summed E-state index contributed by atoms with van der Waals surface area (Å²) in [5.74, 6) is 0.164. The van der Waals surface area contributed by atoms with Gasteiger partial charge in [0, 0.05) is 6.54 Å². The molecule has 1 N–H and O–H groups in total. The number of hydrogen-bond acceptors (Lipinski definition) is 3. The number of aromatic nitrogens is 3. The molecule has 9 heavy (non-hydrogen) atoms. The molecule has 1 aromatic heterocycles. The first-order valence-corrected chi connectivity index (χ1v) is 2.84. The second-order valence-electron chi connectivity index (χ2n) is 1.81. The Balaban J connectivity index is 3.04. The zero-order valence-corrected chi connectivity index (χ0v) is 5.50. The molecule has 0 spiro atoms. The molecule has 0 saturated carbocycles. The lowest BCUT2D eigenvalue weighted by molar-refractivity contribution is 0.401. The SMILES string of the molecule is CCn1nnc(C)c1O. The predicted molar refractivity (Wildman–Crippen MR) is 32.1 cm³/mol. The molecule has 1 aromatic rings. The molecule has 0 bridgehead atoms. The van der Waals surface area contributed by atoms with Gasteiger partial charge in [0.15, 0.2) is 0 Å². The molecule has 0 amide bonds. The van der Waals surface area contributed by atoms with Crippen molar-refractivity contribution in [2.45, 2.75) is 20.4 Å². The van der Waals surface area contributed by atoms with E-state index in [9.17, 15) is 0 Å². The lowest BCUT2D eigenvalue weighted by atomic mass is 10.5. The van der Waals surface area contributed by atoms with Crippen molar-refractivity contribution >= 4 is 0 Å². The van der Waals surface area contributed by atoms with Gasteiger partial charge in [-0.3, -0.25) is 0 Å². The molecule has 4 nitrogen and oxygen atoms in total. The van der Waals surface area contributed by atoms with Gasteiger partial charge in [-0.25, -0.2) is 4.68 Å². The average molecular weight is 127 g/mol. The average Bonchev–Trinajstić information content (AvgIpc) is 2.15. The van der Waals surface area contributed by atoms with Gasteiger partial charge < -0.3 is 5.11 Å². The van der Waals surface area contributed by atoms with E-state index in [-0.39, 0.29) is 5.88 Å². The highest BCUT2D eigenvalue weighted by atomic mass is 16.3. The van der Waals surface area contributed by atoms with E-state index in [1.807, 2.05) is 6.92 Å². The summed E-state index contributed by atoms with van der Waals surface area (Å²) in [6, 6.07) is 0. The van der Waals surface area contributed by atoms with Crippen LogP contribution in [0.1, 0.15) is 12.6 Å². The first-order chi connectivity index (χ1) is 4.25. The summed E-state index contributed by atoms with van der Waals surface area (Å²) < 4.78 is 1.44. The predicted octanol–water partition coefficient (Wildman–Crippen LogP) is 0.312. The monoisotopic (exact) mass is 127 g/mol. The highest BCUT2D eigenvalue weighted by Crippen LogP contribution is 2.09. The van der Waals surface area contributed by atoms with E-state index in [0.29, 0.717) is 12.2 Å². The van der Waals surface area contributed by atoms with Crippen LogP contribution in [-0.2, 0) is 6.54 Å². The van der Waals surface area contributed by atoms with Gasteiger partial charge in [-0.1, -0.05) is 5.21 Å². The molecule has 0 aliphatic heterocycles. The Morgan fingerprint density at radius 2 is 2.33 bits per heavy atom. The van der Waals surface area contributed by atoms with Gasteiger partial charge in [-0.05, 0) is 13.8 Å². The third-order valence-electron chi connectivity index (χ3n) is 1.17. The van der Waals surface area contributed by atoms with Crippen molar-refractivity contribution in [3.63, 3.8) is 0 Å². The molecule has 4 heteroatoms. The van der Waals surface area contributed by atoms with E-state index in [4.69, 9.17) is 5.11 Å². The summed E-state index contributed by atoms with van der Waals surface area (Å²) in [7, 11) is 0. The molecule has 50 valence electrons. The van der Waals surface area contributed by atoms with Crippen LogP contribution in [0.4, 0.5) is 0 Å². The van der Waals surface area contributed by atoms with E-state index >= 15 is 0 Å². The number of aryl methyl sites for hydroxylation is 2. The lowest BCUT2D eigenvalue weighted by Gasteiger charge is -1.92. The molecular formula is C5H9N3O. The van der Waals surface area contributed by atoms with Gasteiger partial charge in [0.25, 0.3) is 0 Å². The molecule has 0 aromatic carbocycles. The van der Waals surface area contributed by atoms with Crippen LogP contribution in [0.5, 0.6) is 5.88 Å². The number of rotatable bonds is 1. The molecule has 0 aliphatic rings. The molecule has 1 rings (SSSR count). The fraction of sp³-hybridized carbons (Fsp3) is 0.600. The van der Waals surface area contributed by atoms with Crippen molar-refractivity contribution < 1.29 is 5.11 Å². The summed E-state index contributed by atoms with van der Waals surface area (Å²) in [6.45, 7) is 4.27. The Kier molecular flexibility index (Phi) is 1.38. The maximum atomic E-state index is 9.08. The van der Waals surface area contributed by atoms with Crippen LogP contribution in [0.15, 0.2) is 0 Å². The largest absolute Gasteiger partial charge is 0.492 e. The topological polar surface area (TPSA) is 50.9 Å². The molecule has 0 saturated heterocycles. The van der Waals surface area contributed by atoms with Crippen LogP contribution in [0.25, 0.3) is 0 Å². The van der Waals surface area contributed by atoms with Gasteiger partial charge in [-0.15, -0.1) is 5.10 Å². The third kappa shape index (κ3) is 0.872. The van der Waals surface area contributed by atoms with Crippen LogP contribution in [0, 0.1) is 6.92 Å². The zero-order chi connectivity index (χ0) is 6.85. The second-order valence-corrected chi connectivity index (χ2v) is 1.81. The van der Waals surface area contributed by atoms with Crippen molar-refractivity contribution in [3.8, 4) is 5.88 Å². The van der Waals surface area contributed by atoms with E-state index in [1.165, 1.54) is 4.68 Å². The quantitative estimate of drug-likeness (QED) is 0.590. The smallest absolute Gasteiger partial charge is 0.233 e. The van der Waals surface area contributed by atoms with E-state index in [0.717, 1.165) is 0 Å². The number of nitrogens with zero attached hydrogens (tertiary/aromatic N) is 3. The van der Waals surface area contributed by atoms with Gasteiger partial charge >= 0.3 is 0 Å². The Morgan fingerprint density at radius 3 is 2.56 bits per heavy atom. The second kappa shape index (κ2) is 2.05. The highest BCUT2D eigenvalue weighted by molar-refractivity contribution is 5.12. The Morgan fingerprint density at radius 1 is 1.67 bits per heavy atom. The summed E-state index contributed by atoms with van der Waals surface area (Å²) in [5, 5.41) is 16.4. The number of hydrogen-bond donors (Lipinski definition) is 1. The first kappa shape index (κ1) is 6.07. The van der Waals surface area contributed by atoms with E-state index in [2.05, 4.69) is 10.3 Å². The van der Waals surface area contributed by atoms with Crippen molar-refractivity contribution in [2.24, 2.45) is 0 Å². The van der Waals surface area contributed by atoms with Crippen molar-refractivity contribution in [2.75, 3.05) is 0 Å². The molecule has 0 aliphatic carbocycles. The fourth-order valence-corrected chi connectivity index (χ4v) is 0.608. The summed E-state index contributed by atoms with van der Waals surface area (Å²) in [5.41, 5.74) is 0.580. The normalized spacial score (nSPS) is 10.0. The minimum Gasteiger partial charge on any atom is -0.492 e. The van der Waals surface area contributed by atoms with Gasteiger partial charge in [0.1, 0.15) is 5.69 Å². The minimum absolute atomic E-state index is 0.164. The van der Waals surface area contributed by atoms with Gasteiger partial charge in [0.2, 0.25) is 5.88 Å². The standard InChI is InChI=1S/C5H9N3O/c1-3-8-5(9)4(2)6-7-8/h9H,3H2,1-2H3. The maximum Gasteiger partial charge on any atom is 0.233 e. The van der Waals surface area contributed by atoms with Crippen LogP contribution >= 0.6 is 0 Å². The Bertz CT molecular complexity index is 206. The minimum atomic E-state index is 0.164. The molecule has 1 heterocycles. The zero-order valence-electron chi connectivity index (χ0n) is 5.50. The molecule has 0 unspecified atom stereocenters. The third-order valence-corrected chi connectivity index (χ3v) is 1.17. The van der Waals surface area contributed by atoms with Gasteiger partial charge in [0.05, 0.1) is 0 Å². The summed E-state index contributed by atoms with van der Waals surface area (Å²) >= 11 is 0. The summed E-state index contributed by atoms with van der Waals surface area (Å²) in [6.07, 6.45) is 0. The molecule has 0 fully saturated rings. The molecule has 0 radical (unpaired) electrons. The van der Waals surface area contributed by atoms with Gasteiger partial charge in [-0.2, -0.15) is 0 Å². The van der Waals surface area contributed by atoms with E-state index < -0.39 is 0 Å². The molecule has 0 atom stereocenters. The van der Waals surface area contributed by atoms with Crippen LogP contribution in [0.3, 0.4) is 0 Å². The molecular weight excluding hydrogens is 118 g/mol.